The summed E-state index contributed by atoms with van der Waals surface area (Å²) in [5.41, 5.74) is 0. The Kier molecular flexibility index (Phi) is 7.19. The van der Waals surface area contributed by atoms with Gasteiger partial charge in [0, 0.05) is 39.3 Å². The molecule has 0 atom stereocenters. The van der Waals surface area contributed by atoms with Gasteiger partial charge in [-0.25, -0.2) is 0 Å². The van der Waals surface area contributed by atoms with Crippen LogP contribution in [0.5, 0.6) is 0 Å². The molecule has 3 N–H and O–H groups in total. The molecule has 1 aliphatic heterocycles. The summed E-state index contributed by atoms with van der Waals surface area (Å²) in [6.07, 6.45) is 0. The van der Waals surface area contributed by atoms with Gasteiger partial charge in [-0.1, -0.05) is 0 Å². The van der Waals surface area contributed by atoms with E-state index in [1.807, 2.05) is 0 Å². The van der Waals surface area contributed by atoms with E-state index in [1.165, 1.54) is 0 Å². The van der Waals surface area contributed by atoms with Gasteiger partial charge in [-0.3, -0.25) is 0 Å². The van der Waals surface area contributed by atoms with Gasteiger partial charge in [0.15, 0.2) is 4.39 Å². The molecule has 8 nitrogen and oxygen atoms in total. The molecule has 1 aliphatic rings. The van der Waals surface area contributed by atoms with Crippen molar-refractivity contribution in [2.45, 2.75) is 0 Å². The first-order valence-corrected chi connectivity index (χ1v) is 6.79. The van der Waals surface area contributed by atoms with Gasteiger partial charge in [0.25, 0.3) is 0 Å². The Labute approximate surface area is 103 Å². The van der Waals surface area contributed by atoms with Crippen molar-refractivity contribution in [2.24, 2.45) is 0 Å². The van der Waals surface area contributed by atoms with E-state index in [-0.39, 0.29) is 0 Å². The molecule has 0 aromatic heterocycles. The van der Waals surface area contributed by atoms with Crippen LogP contribution in [0.4, 0.5) is 0 Å². The number of rotatable bonds is 2. The largest absolute Gasteiger partial charge is 0.314 e. The zero-order valence-electron chi connectivity index (χ0n) is 9.62. The van der Waals surface area contributed by atoms with Crippen molar-refractivity contribution >= 4 is 0 Å². The zero-order chi connectivity index (χ0) is 12.6. The van der Waals surface area contributed by atoms with Crippen molar-refractivity contribution in [1.29, 1.82) is 0 Å². The minimum Gasteiger partial charge on any atom is -0.314 e. The summed E-state index contributed by atoms with van der Waals surface area (Å²) in [6.45, 7) is 5.08. The van der Waals surface area contributed by atoms with Gasteiger partial charge < -0.3 is 16.0 Å². The van der Waals surface area contributed by atoms with E-state index >= 15 is 0 Å². The van der Waals surface area contributed by atoms with Crippen molar-refractivity contribution in [1.82, 2.24) is 21.0 Å². The maximum Gasteiger partial charge on any atom is 0.179 e. The van der Waals surface area contributed by atoms with Gasteiger partial charge in [-0.2, -0.15) is 14.0 Å². The highest BCUT2D eigenvalue weighted by molar-refractivity contribution is 4.59. The number of nitrogens with one attached hydrogen (secondary N) is 3. The van der Waals surface area contributed by atoms with Gasteiger partial charge in [0.2, 0.25) is 0 Å². The second-order valence-corrected chi connectivity index (χ2v) is 4.52. The fraction of sp³-hybridized carbons (Fsp3) is 1.00. The SMILES string of the molecule is [O-][Cl+3]([O-])([O-])ON1CCNCCNCCNCC1. The molecule has 0 aromatic carbocycles. The van der Waals surface area contributed by atoms with Gasteiger partial charge in [0.05, 0.1) is 13.1 Å². The average molecular weight is 271 g/mol. The Morgan fingerprint density at radius 1 is 0.765 bits per heavy atom. The molecule has 0 spiro atoms. The molecule has 17 heavy (non-hydrogen) atoms. The monoisotopic (exact) mass is 270 g/mol. The Morgan fingerprint density at radius 2 is 1.18 bits per heavy atom. The normalized spacial score (nSPS) is 22.8. The predicted octanol–water partition coefficient (Wildman–Crippen LogP) is -5.10. The topological polar surface area (TPSA) is 118 Å². The van der Waals surface area contributed by atoms with Crippen molar-refractivity contribution in [3.8, 4) is 0 Å². The standard InChI is InChI=1S/C8H19ClN4O4/c14-9(15,16)17-13-7-5-11-3-1-10-2-4-12-6-8-13/h10-12H,1-8H2. The Hall–Kier alpha value is -0.0300. The first kappa shape index (κ1) is 15.0. The quantitative estimate of drug-likeness (QED) is 0.456. The summed E-state index contributed by atoms with van der Waals surface area (Å²) in [6, 6.07) is 0. The maximum atomic E-state index is 10.5. The third kappa shape index (κ3) is 8.66. The highest BCUT2D eigenvalue weighted by atomic mass is 35.7. The first-order valence-electron chi connectivity index (χ1n) is 5.55. The van der Waals surface area contributed by atoms with Crippen LogP contribution in [0.2, 0.25) is 0 Å². The lowest BCUT2D eigenvalue weighted by Gasteiger charge is -2.21. The lowest BCUT2D eigenvalue weighted by atomic mass is 10.4. The summed E-state index contributed by atoms with van der Waals surface area (Å²) < 4.78 is 35.7. The molecule has 0 saturated carbocycles. The Balaban J connectivity index is 2.32. The Morgan fingerprint density at radius 3 is 1.59 bits per heavy atom. The summed E-state index contributed by atoms with van der Waals surface area (Å²) in [5.74, 6) is 0. The molecule has 0 amide bonds. The number of nitrogens with zero attached hydrogens (tertiary/aromatic N) is 1. The number of halogens is 1. The summed E-state index contributed by atoms with van der Waals surface area (Å²) in [4.78, 5) is 0. The summed E-state index contributed by atoms with van der Waals surface area (Å²) in [7, 11) is -4.41. The van der Waals surface area contributed by atoms with E-state index in [0.29, 0.717) is 26.2 Å². The van der Waals surface area contributed by atoms with Crippen LogP contribution in [0.3, 0.4) is 0 Å². The molecule has 102 valence electrons. The van der Waals surface area contributed by atoms with Crippen molar-refractivity contribution < 1.29 is 28.6 Å². The van der Waals surface area contributed by atoms with Crippen molar-refractivity contribution in [3.05, 3.63) is 0 Å². The predicted molar refractivity (Wildman–Crippen MR) is 51.3 cm³/mol. The summed E-state index contributed by atoms with van der Waals surface area (Å²) >= 11 is 0. The molecule has 0 aromatic rings. The van der Waals surface area contributed by atoms with Gasteiger partial charge in [-0.05, 0) is 5.06 Å². The molecule has 1 fully saturated rings. The fourth-order valence-electron chi connectivity index (χ4n) is 1.44. The maximum absolute atomic E-state index is 10.5. The van der Waals surface area contributed by atoms with Crippen LogP contribution >= 0.6 is 0 Å². The third-order valence-electron chi connectivity index (χ3n) is 2.22. The zero-order valence-corrected chi connectivity index (χ0v) is 10.4. The highest BCUT2D eigenvalue weighted by Gasteiger charge is 2.25. The molecule has 9 heteroatoms. The average Bonchev–Trinajstić information content (AvgIpc) is 2.20. The molecule has 1 rings (SSSR count). The minimum absolute atomic E-state index is 0.343. The first-order chi connectivity index (χ1) is 8.08. The highest BCUT2D eigenvalue weighted by Crippen LogP contribution is 1.96. The van der Waals surface area contributed by atoms with E-state index in [0.717, 1.165) is 31.2 Å². The van der Waals surface area contributed by atoms with Crippen LogP contribution in [0.15, 0.2) is 0 Å². The number of hydroxylamine groups is 2. The van der Waals surface area contributed by atoms with Gasteiger partial charge in [0.1, 0.15) is 10.2 Å². The molecule has 1 heterocycles. The lowest BCUT2D eigenvalue weighted by molar-refractivity contribution is -1.92. The van der Waals surface area contributed by atoms with Crippen LogP contribution in [0.25, 0.3) is 0 Å². The molecule has 0 bridgehead atoms. The second-order valence-electron chi connectivity index (χ2n) is 3.63. The van der Waals surface area contributed by atoms with Gasteiger partial charge >= 0.3 is 0 Å². The molecule has 0 aliphatic carbocycles. The van der Waals surface area contributed by atoms with Crippen LogP contribution < -0.4 is 29.9 Å². The molecular weight excluding hydrogens is 252 g/mol. The minimum atomic E-state index is -4.41. The fourth-order valence-corrected chi connectivity index (χ4v) is 1.81. The summed E-state index contributed by atoms with van der Waals surface area (Å²) in [5, 5.41) is 10.6. The molecule has 0 unspecified atom stereocenters. The van der Waals surface area contributed by atoms with E-state index in [2.05, 4.69) is 20.3 Å². The molecular formula is C8H19ClN4O4. The van der Waals surface area contributed by atoms with Crippen LogP contribution in [-0.2, 0) is 4.39 Å². The molecule has 0 radical (unpaired) electrons. The van der Waals surface area contributed by atoms with Gasteiger partial charge in [-0.15, -0.1) is 0 Å². The second kappa shape index (κ2) is 8.14. The van der Waals surface area contributed by atoms with Crippen molar-refractivity contribution in [2.75, 3.05) is 52.4 Å². The van der Waals surface area contributed by atoms with Crippen LogP contribution in [0.1, 0.15) is 0 Å². The van der Waals surface area contributed by atoms with Crippen LogP contribution in [0, 0.1) is 10.2 Å². The molecule has 1 saturated heterocycles. The number of hydrogen-bond donors (Lipinski definition) is 3. The third-order valence-corrected chi connectivity index (χ3v) is 2.58. The number of hydrogen-bond acceptors (Lipinski definition) is 8. The van der Waals surface area contributed by atoms with E-state index in [9.17, 15) is 14.0 Å². The van der Waals surface area contributed by atoms with Crippen molar-refractivity contribution in [3.63, 3.8) is 0 Å². The smallest absolute Gasteiger partial charge is 0.179 e. The van der Waals surface area contributed by atoms with E-state index in [4.69, 9.17) is 0 Å². The Bertz CT molecular complexity index is 192. The van der Waals surface area contributed by atoms with E-state index in [1.54, 1.807) is 0 Å². The lowest BCUT2D eigenvalue weighted by Crippen LogP contribution is -2.64. The van der Waals surface area contributed by atoms with E-state index < -0.39 is 10.2 Å². The van der Waals surface area contributed by atoms with Crippen LogP contribution in [-0.4, -0.2) is 57.4 Å².